The first-order valence-corrected chi connectivity index (χ1v) is 14.7. The molecule has 0 aliphatic carbocycles. The van der Waals surface area contributed by atoms with Crippen molar-refractivity contribution in [3.05, 3.63) is 109 Å². The lowest BCUT2D eigenvalue weighted by Gasteiger charge is -2.21. The van der Waals surface area contributed by atoms with Gasteiger partial charge in [0.05, 0.1) is 43.2 Å². The van der Waals surface area contributed by atoms with E-state index < -0.39 is 9.84 Å². The summed E-state index contributed by atoms with van der Waals surface area (Å²) in [5.74, 6) is 0.849. The summed E-state index contributed by atoms with van der Waals surface area (Å²) in [6, 6.07) is 31.3. The van der Waals surface area contributed by atoms with Crippen LogP contribution in [0.5, 0.6) is 0 Å². The van der Waals surface area contributed by atoms with E-state index in [1.54, 1.807) is 24.4 Å². The van der Waals surface area contributed by atoms with E-state index in [1.807, 2.05) is 72.2 Å². The van der Waals surface area contributed by atoms with E-state index in [1.165, 1.54) is 0 Å². The Morgan fingerprint density at radius 2 is 1.45 bits per heavy atom. The Morgan fingerprint density at radius 1 is 0.700 bits per heavy atom. The topological polar surface area (TPSA) is 77.7 Å². The summed E-state index contributed by atoms with van der Waals surface area (Å²) in [5, 5.41) is 2.10. The molecule has 0 radical (unpaired) electrons. The normalized spacial score (nSPS) is 13.6. The van der Waals surface area contributed by atoms with Crippen molar-refractivity contribution in [1.29, 1.82) is 0 Å². The molecule has 1 aliphatic rings. The number of hydrogen-bond donors (Lipinski definition) is 0. The number of nitrogens with zero attached hydrogens (tertiary/aromatic N) is 4. The molecule has 40 heavy (non-hydrogen) atoms. The maximum Gasteiger partial charge on any atom is 0.210 e. The molecule has 4 heterocycles. The molecule has 192 valence electrons. The van der Waals surface area contributed by atoms with Gasteiger partial charge in [0.15, 0.2) is 0 Å². The van der Waals surface area contributed by atoms with Crippen LogP contribution in [0.25, 0.3) is 60.9 Å². The standard InChI is InChI=1S/C33H22N4O2S/c1-2-30-35-26-6-3-7-28-33(26)37(30)27-17-15-24(19-29(27)40(28,38)39)20-8-10-21(11-9-20)25-16-14-23-13-12-22-5-4-18-34-31(22)32(23)36-25/h3-19H,2H2,1H3. The summed E-state index contributed by atoms with van der Waals surface area (Å²) in [6.07, 6.45) is 2.49. The van der Waals surface area contributed by atoms with Crippen molar-refractivity contribution in [3.8, 4) is 28.1 Å². The molecule has 1 aliphatic heterocycles. The van der Waals surface area contributed by atoms with E-state index >= 15 is 0 Å². The van der Waals surface area contributed by atoms with E-state index in [0.717, 1.165) is 50.0 Å². The molecule has 7 heteroatoms. The monoisotopic (exact) mass is 538 g/mol. The van der Waals surface area contributed by atoms with Crippen molar-refractivity contribution in [3.63, 3.8) is 0 Å². The van der Waals surface area contributed by atoms with Crippen LogP contribution in [0.2, 0.25) is 0 Å². The Morgan fingerprint density at radius 3 is 2.27 bits per heavy atom. The number of sulfone groups is 1. The number of aryl methyl sites for hydroxylation is 1. The molecule has 0 bridgehead atoms. The Kier molecular flexibility index (Phi) is 4.79. The first kappa shape index (κ1) is 23.0. The number of pyridine rings is 2. The van der Waals surface area contributed by atoms with Gasteiger partial charge in [0.25, 0.3) is 0 Å². The highest BCUT2D eigenvalue weighted by molar-refractivity contribution is 7.92. The average molecular weight is 539 g/mol. The Balaban J connectivity index is 1.22. The van der Waals surface area contributed by atoms with Crippen LogP contribution < -0.4 is 0 Å². The first-order chi connectivity index (χ1) is 19.5. The molecule has 0 unspecified atom stereocenters. The van der Waals surface area contributed by atoms with Gasteiger partial charge in [-0.15, -0.1) is 0 Å². The summed E-state index contributed by atoms with van der Waals surface area (Å²) >= 11 is 0. The number of imidazole rings is 1. The third-order valence-electron chi connectivity index (χ3n) is 7.75. The summed E-state index contributed by atoms with van der Waals surface area (Å²) in [7, 11) is -3.70. The van der Waals surface area contributed by atoms with Gasteiger partial charge in [0, 0.05) is 29.0 Å². The number of benzene rings is 4. The molecule has 0 atom stereocenters. The van der Waals surface area contributed by atoms with Gasteiger partial charge in [-0.25, -0.2) is 18.4 Å². The van der Waals surface area contributed by atoms with Crippen molar-refractivity contribution < 1.29 is 8.42 Å². The summed E-state index contributed by atoms with van der Waals surface area (Å²) in [6.45, 7) is 2.03. The van der Waals surface area contributed by atoms with Crippen LogP contribution >= 0.6 is 0 Å². The maximum atomic E-state index is 13.7. The number of fused-ring (bicyclic) bond motifs is 5. The number of hydrogen-bond acceptors (Lipinski definition) is 5. The highest BCUT2D eigenvalue weighted by Gasteiger charge is 2.33. The zero-order chi connectivity index (χ0) is 27.0. The molecule has 6 nitrogen and oxygen atoms in total. The lowest BCUT2D eigenvalue weighted by atomic mass is 10.0. The molecular formula is C33H22N4O2S. The quantitative estimate of drug-likeness (QED) is 0.223. The van der Waals surface area contributed by atoms with E-state index in [-0.39, 0.29) is 0 Å². The highest BCUT2D eigenvalue weighted by atomic mass is 32.2. The second-order valence-corrected chi connectivity index (χ2v) is 11.9. The van der Waals surface area contributed by atoms with Crippen molar-refractivity contribution in [2.24, 2.45) is 0 Å². The minimum absolute atomic E-state index is 0.303. The molecule has 3 aromatic heterocycles. The molecule has 0 spiro atoms. The zero-order valence-corrected chi connectivity index (χ0v) is 22.4. The average Bonchev–Trinajstić information content (AvgIpc) is 3.39. The Bertz CT molecular complexity index is 2270. The van der Waals surface area contributed by atoms with E-state index in [2.05, 4.69) is 23.2 Å². The summed E-state index contributed by atoms with van der Waals surface area (Å²) in [5.41, 5.74) is 7.38. The molecule has 0 amide bonds. The molecule has 0 N–H and O–H groups in total. The van der Waals surface area contributed by atoms with Crippen molar-refractivity contribution in [2.75, 3.05) is 0 Å². The van der Waals surface area contributed by atoms with Gasteiger partial charge in [-0.1, -0.05) is 67.6 Å². The van der Waals surface area contributed by atoms with Gasteiger partial charge in [0.1, 0.15) is 5.82 Å². The van der Waals surface area contributed by atoms with Gasteiger partial charge in [-0.3, -0.25) is 9.55 Å². The predicted molar refractivity (Wildman–Crippen MR) is 157 cm³/mol. The van der Waals surface area contributed by atoms with Crippen LogP contribution in [0.4, 0.5) is 0 Å². The fraction of sp³-hybridized carbons (Fsp3) is 0.0606. The van der Waals surface area contributed by atoms with Crippen LogP contribution in [0.15, 0.2) is 113 Å². The van der Waals surface area contributed by atoms with Crippen molar-refractivity contribution >= 4 is 42.7 Å². The molecule has 8 rings (SSSR count). The first-order valence-electron chi connectivity index (χ1n) is 13.2. The second kappa shape index (κ2) is 8.31. The summed E-state index contributed by atoms with van der Waals surface area (Å²) in [4.78, 5) is 14.8. The van der Waals surface area contributed by atoms with E-state index in [9.17, 15) is 8.42 Å². The van der Waals surface area contributed by atoms with Gasteiger partial charge < -0.3 is 0 Å². The van der Waals surface area contributed by atoms with Crippen LogP contribution in [0.1, 0.15) is 12.7 Å². The van der Waals surface area contributed by atoms with Gasteiger partial charge in [-0.05, 0) is 47.5 Å². The summed E-state index contributed by atoms with van der Waals surface area (Å²) < 4.78 is 29.5. The molecule has 0 fully saturated rings. The van der Waals surface area contributed by atoms with Crippen LogP contribution in [-0.2, 0) is 16.3 Å². The van der Waals surface area contributed by atoms with Crippen LogP contribution in [0.3, 0.4) is 0 Å². The smallest absolute Gasteiger partial charge is 0.210 e. The largest absolute Gasteiger partial charge is 0.294 e. The molecular weight excluding hydrogens is 516 g/mol. The highest BCUT2D eigenvalue weighted by Crippen LogP contribution is 2.41. The maximum absolute atomic E-state index is 13.7. The third-order valence-corrected chi connectivity index (χ3v) is 9.57. The molecule has 7 aromatic rings. The fourth-order valence-electron chi connectivity index (χ4n) is 5.79. The predicted octanol–water partition coefficient (Wildman–Crippen LogP) is 7.16. The van der Waals surface area contributed by atoms with Gasteiger partial charge in [0.2, 0.25) is 9.84 Å². The van der Waals surface area contributed by atoms with Gasteiger partial charge in [-0.2, -0.15) is 0 Å². The van der Waals surface area contributed by atoms with E-state index in [0.29, 0.717) is 32.9 Å². The van der Waals surface area contributed by atoms with Crippen LogP contribution in [-0.4, -0.2) is 27.9 Å². The van der Waals surface area contributed by atoms with E-state index in [4.69, 9.17) is 9.97 Å². The fourth-order valence-corrected chi connectivity index (χ4v) is 7.45. The van der Waals surface area contributed by atoms with Crippen molar-refractivity contribution in [1.82, 2.24) is 19.5 Å². The third kappa shape index (κ3) is 3.21. The molecule has 0 saturated carbocycles. The van der Waals surface area contributed by atoms with Crippen LogP contribution in [0, 0.1) is 0 Å². The number of rotatable bonds is 3. The lowest BCUT2D eigenvalue weighted by molar-refractivity contribution is 0.594. The molecule has 0 saturated heterocycles. The Hall–Kier alpha value is -4.88. The lowest BCUT2D eigenvalue weighted by Crippen LogP contribution is -2.16. The number of para-hydroxylation sites is 1. The second-order valence-electron chi connectivity index (χ2n) is 10.0. The number of aromatic nitrogens is 4. The SMILES string of the molecule is CCc1nc2cccc3c2n1-c1ccc(-c2ccc(-c4ccc5ccc6cccnc6c5n4)cc2)cc1S3(=O)=O. The molecule has 4 aromatic carbocycles. The van der Waals surface area contributed by atoms with Gasteiger partial charge >= 0.3 is 0 Å². The Labute approximate surface area is 230 Å². The zero-order valence-electron chi connectivity index (χ0n) is 21.5. The minimum atomic E-state index is -3.70. The van der Waals surface area contributed by atoms with Crippen molar-refractivity contribution in [2.45, 2.75) is 23.1 Å². The minimum Gasteiger partial charge on any atom is -0.294 e.